The van der Waals surface area contributed by atoms with E-state index in [1.165, 1.54) is 37.0 Å². The third-order valence-electron chi connectivity index (χ3n) is 9.30. The maximum absolute atomic E-state index is 14.0. The normalized spacial score (nSPS) is 24.6. The zero-order valence-corrected chi connectivity index (χ0v) is 23.3. The van der Waals surface area contributed by atoms with Crippen LogP contribution in [-0.2, 0) is 11.2 Å². The number of nitrogens with zero attached hydrogens (tertiary/aromatic N) is 5. The van der Waals surface area contributed by atoms with Gasteiger partial charge in [0.05, 0.1) is 17.0 Å². The zero-order valence-electron chi connectivity index (χ0n) is 23.3. The molecule has 40 heavy (non-hydrogen) atoms. The molecule has 3 fully saturated rings. The molecule has 4 atom stereocenters. The van der Waals surface area contributed by atoms with Crippen molar-refractivity contribution in [2.45, 2.75) is 39.0 Å². The maximum Gasteiger partial charge on any atom is 0.227 e. The molecule has 0 unspecified atom stereocenters. The number of carbonyl (C=O) groups is 1. The van der Waals surface area contributed by atoms with Crippen molar-refractivity contribution in [3.05, 3.63) is 66.0 Å². The Morgan fingerprint density at radius 2 is 1.70 bits per heavy atom. The number of halogens is 2. The summed E-state index contributed by atoms with van der Waals surface area (Å²) >= 11 is 0. The first-order valence-corrected chi connectivity index (χ1v) is 14.9. The van der Waals surface area contributed by atoms with Crippen LogP contribution in [0.3, 0.4) is 0 Å². The average molecular weight is 548 g/mol. The molecule has 2 saturated heterocycles. The van der Waals surface area contributed by atoms with E-state index in [0.717, 1.165) is 43.5 Å². The van der Waals surface area contributed by atoms with Gasteiger partial charge in [0.15, 0.2) is 11.6 Å². The Morgan fingerprint density at radius 1 is 0.925 bits per heavy atom. The Morgan fingerprint density at radius 3 is 2.50 bits per heavy atom. The molecule has 8 heteroatoms. The summed E-state index contributed by atoms with van der Waals surface area (Å²) in [5.41, 5.74) is 3.81. The van der Waals surface area contributed by atoms with Gasteiger partial charge in [-0.25, -0.2) is 8.78 Å². The minimum atomic E-state index is -0.831. The number of piperidine rings is 1. The Kier molecular flexibility index (Phi) is 7.96. The SMILES string of the molecule is C[C@@H](Cc1ccc2nccnc2c1)CN1C[C@@H]2CCCC[C@H]2[C@H](C(=O)N2CCN(c3ccc(F)c(F)c3)CC2)C1. The lowest BCUT2D eigenvalue weighted by molar-refractivity contribution is -0.142. The number of likely N-dealkylation sites (tertiary alicyclic amines) is 1. The molecule has 3 heterocycles. The van der Waals surface area contributed by atoms with Crippen LogP contribution < -0.4 is 4.90 Å². The number of carbonyl (C=O) groups excluding carboxylic acids is 1. The van der Waals surface area contributed by atoms with Crippen molar-refractivity contribution < 1.29 is 13.6 Å². The van der Waals surface area contributed by atoms with Crippen molar-refractivity contribution in [1.29, 1.82) is 0 Å². The summed E-state index contributed by atoms with van der Waals surface area (Å²) in [6.45, 7) is 7.71. The van der Waals surface area contributed by atoms with Gasteiger partial charge in [-0.15, -0.1) is 0 Å². The van der Waals surface area contributed by atoms with Crippen molar-refractivity contribution in [1.82, 2.24) is 19.8 Å². The van der Waals surface area contributed by atoms with Crippen LogP contribution in [0.2, 0.25) is 0 Å². The second-order valence-corrected chi connectivity index (χ2v) is 12.1. The summed E-state index contributed by atoms with van der Waals surface area (Å²) in [7, 11) is 0. The van der Waals surface area contributed by atoms with E-state index in [2.05, 4.69) is 40.0 Å². The summed E-state index contributed by atoms with van der Waals surface area (Å²) < 4.78 is 27.2. The van der Waals surface area contributed by atoms with Gasteiger partial charge in [0.25, 0.3) is 0 Å². The minimum absolute atomic E-state index is 0.0389. The molecule has 2 aliphatic heterocycles. The van der Waals surface area contributed by atoms with Gasteiger partial charge in [-0.05, 0) is 66.8 Å². The van der Waals surface area contributed by atoms with Gasteiger partial charge in [-0.2, -0.15) is 0 Å². The van der Waals surface area contributed by atoms with Crippen LogP contribution in [-0.4, -0.2) is 71.5 Å². The smallest absolute Gasteiger partial charge is 0.227 e. The Labute approximate surface area is 235 Å². The molecule has 0 N–H and O–H groups in total. The molecular weight excluding hydrogens is 508 g/mol. The molecule has 0 spiro atoms. The third-order valence-corrected chi connectivity index (χ3v) is 9.30. The van der Waals surface area contributed by atoms with E-state index < -0.39 is 11.6 Å². The lowest BCUT2D eigenvalue weighted by Crippen LogP contribution is -2.57. The lowest BCUT2D eigenvalue weighted by Gasteiger charge is -2.48. The summed E-state index contributed by atoms with van der Waals surface area (Å²) in [6, 6.07) is 10.4. The first kappa shape index (κ1) is 27.1. The van der Waals surface area contributed by atoms with Crippen LogP contribution in [0.5, 0.6) is 0 Å². The quantitative estimate of drug-likeness (QED) is 0.426. The van der Waals surface area contributed by atoms with E-state index >= 15 is 0 Å². The van der Waals surface area contributed by atoms with Crippen molar-refractivity contribution in [3.8, 4) is 0 Å². The molecule has 0 bridgehead atoms. The fourth-order valence-electron chi connectivity index (χ4n) is 7.37. The van der Waals surface area contributed by atoms with Crippen LogP contribution in [0, 0.1) is 35.3 Å². The van der Waals surface area contributed by atoms with E-state index in [-0.39, 0.29) is 11.8 Å². The first-order chi connectivity index (χ1) is 19.4. The fraction of sp³-hybridized carbons (Fsp3) is 0.531. The molecule has 6 rings (SSSR count). The Hall–Kier alpha value is -3.13. The van der Waals surface area contributed by atoms with E-state index in [4.69, 9.17) is 0 Å². The number of aromatic nitrogens is 2. The zero-order chi connectivity index (χ0) is 27.6. The Balaban J connectivity index is 1.09. The molecular formula is C32H39F2N5O. The Bertz CT molecular complexity index is 1340. The molecule has 212 valence electrons. The van der Waals surface area contributed by atoms with Crippen LogP contribution >= 0.6 is 0 Å². The molecule has 3 aliphatic rings. The molecule has 3 aromatic rings. The molecule has 1 saturated carbocycles. The molecule has 1 aromatic heterocycles. The largest absolute Gasteiger partial charge is 0.368 e. The van der Waals surface area contributed by atoms with Gasteiger partial charge in [0.2, 0.25) is 5.91 Å². The van der Waals surface area contributed by atoms with Crippen molar-refractivity contribution >= 4 is 22.6 Å². The van der Waals surface area contributed by atoms with Gasteiger partial charge >= 0.3 is 0 Å². The predicted molar refractivity (Wildman–Crippen MR) is 153 cm³/mol. The van der Waals surface area contributed by atoms with E-state index in [0.29, 0.717) is 49.6 Å². The maximum atomic E-state index is 14.0. The van der Waals surface area contributed by atoms with E-state index in [9.17, 15) is 13.6 Å². The monoisotopic (exact) mass is 547 g/mol. The first-order valence-electron chi connectivity index (χ1n) is 14.9. The molecule has 1 aliphatic carbocycles. The molecule has 0 radical (unpaired) electrons. The number of hydrogen-bond acceptors (Lipinski definition) is 5. The molecule has 1 amide bonds. The van der Waals surface area contributed by atoms with Crippen LogP contribution in [0.1, 0.15) is 38.2 Å². The number of fused-ring (bicyclic) bond motifs is 2. The highest BCUT2D eigenvalue weighted by Crippen LogP contribution is 2.40. The standard InChI is InChI=1S/C32H39F2N5O/c1-22(16-23-6-9-30-31(17-23)36-11-10-35-30)19-37-20-24-4-2-3-5-26(24)27(21-37)32(40)39-14-12-38(13-15-39)25-7-8-28(33)29(34)18-25/h6-11,17-18,22,24,26-27H,2-5,12-16,19-21H2,1H3/t22-,24-,26+,27+/m0/s1. The predicted octanol–water partition coefficient (Wildman–Crippen LogP) is 5.17. The van der Waals surface area contributed by atoms with Crippen LogP contribution in [0.15, 0.2) is 48.8 Å². The highest BCUT2D eigenvalue weighted by atomic mass is 19.2. The summed E-state index contributed by atoms with van der Waals surface area (Å²) in [5.74, 6) is 0.181. The average Bonchev–Trinajstić information content (AvgIpc) is 2.98. The van der Waals surface area contributed by atoms with Crippen molar-refractivity contribution in [2.24, 2.45) is 23.7 Å². The molecule has 6 nitrogen and oxygen atoms in total. The number of anilines is 1. The molecule has 2 aromatic carbocycles. The van der Waals surface area contributed by atoms with Crippen LogP contribution in [0.25, 0.3) is 11.0 Å². The summed E-state index contributed by atoms with van der Waals surface area (Å²) in [5, 5.41) is 0. The second-order valence-electron chi connectivity index (χ2n) is 12.1. The lowest BCUT2D eigenvalue weighted by atomic mass is 9.69. The van der Waals surface area contributed by atoms with Crippen molar-refractivity contribution in [2.75, 3.05) is 50.7 Å². The number of amides is 1. The van der Waals surface area contributed by atoms with Crippen molar-refractivity contribution in [3.63, 3.8) is 0 Å². The number of hydrogen-bond donors (Lipinski definition) is 0. The second kappa shape index (κ2) is 11.8. The highest BCUT2D eigenvalue weighted by molar-refractivity contribution is 5.80. The van der Waals surface area contributed by atoms with Crippen LogP contribution in [0.4, 0.5) is 14.5 Å². The van der Waals surface area contributed by atoms with Gasteiger partial charge < -0.3 is 14.7 Å². The summed E-state index contributed by atoms with van der Waals surface area (Å²) in [6.07, 6.45) is 9.28. The van der Waals surface area contributed by atoms with E-state index in [1.54, 1.807) is 18.5 Å². The fourth-order valence-corrected chi connectivity index (χ4v) is 7.37. The minimum Gasteiger partial charge on any atom is -0.368 e. The summed E-state index contributed by atoms with van der Waals surface area (Å²) in [4.78, 5) is 29.4. The van der Waals surface area contributed by atoms with E-state index in [1.807, 2.05) is 9.80 Å². The number of rotatable bonds is 6. The topological polar surface area (TPSA) is 52.6 Å². The van der Waals surface area contributed by atoms with Gasteiger partial charge in [0, 0.05) is 70.0 Å². The third kappa shape index (κ3) is 5.82. The van der Waals surface area contributed by atoms with Gasteiger partial charge in [0.1, 0.15) is 0 Å². The van der Waals surface area contributed by atoms with Gasteiger partial charge in [-0.3, -0.25) is 14.8 Å². The number of piperazine rings is 1. The highest BCUT2D eigenvalue weighted by Gasteiger charge is 2.43. The van der Waals surface area contributed by atoms with Gasteiger partial charge in [-0.1, -0.05) is 25.8 Å². The number of benzene rings is 2.